The van der Waals surface area contributed by atoms with Gasteiger partial charge in [-0.3, -0.25) is 4.57 Å². The molecule has 322 valence electrons. The molecule has 0 saturated heterocycles. The minimum Gasteiger partial charge on any atom is -0.308 e. The molecule has 10 aromatic carbocycles. The monoisotopic (exact) mass is 880 g/mol. The van der Waals surface area contributed by atoms with Gasteiger partial charge in [0.25, 0.3) is 0 Å². The van der Waals surface area contributed by atoms with Crippen LogP contribution < -0.4 is 0 Å². The third kappa shape index (κ3) is 6.16. The molecule has 0 N–H and O–H groups in total. The molecule has 0 atom stereocenters. The molecule has 0 amide bonds. The number of hydrogen-bond donors (Lipinski definition) is 0. The number of nitrogens with zero attached hydrogens (tertiary/aromatic N) is 6. The third-order valence-electron chi connectivity index (χ3n) is 13.7. The zero-order chi connectivity index (χ0) is 45.4. The molecule has 14 rings (SSSR count). The summed E-state index contributed by atoms with van der Waals surface area (Å²) in [5.74, 6) is 1.66. The molecule has 0 unspecified atom stereocenters. The number of benzene rings is 10. The highest BCUT2D eigenvalue weighted by atomic mass is 15.2. The van der Waals surface area contributed by atoms with Crippen LogP contribution in [0.3, 0.4) is 0 Å². The zero-order valence-corrected chi connectivity index (χ0v) is 37.3. The van der Waals surface area contributed by atoms with E-state index < -0.39 is 0 Å². The Labute approximate surface area is 397 Å². The first-order valence-electron chi connectivity index (χ1n) is 23.4. The van der Waals surface area contributed by atoms with Crippen molar-refractivity contribution in [2.24, 2.45) is 0 Å². The lowest BCUT2D eigenvalue weighted by Gasteiger charge is -2.20. The topological polar surface area (TPSA) is 53.5 Å². The Kier molecular flexibility index (Phi) is 8.79. The van der Waals surface area contributed by atoms with Crippen LogP contribution in [-0.2, 0) is 0 Å². The molecule has 4 heterocycles. The number of rotatable bonds is 7. The first kappa shape index (κ1) is 38.8. The van der Waals surface area contributed by atoms with Crippen molar-refractivity contribution in [2.45, 2.75) is 0 Å². The maximum atomic E-state index is 5.75. The molecule has 0 aliphatic heterocycles. The van der Waals surface area contributed by atoms with E-state index in [-0.39, 0.29) is 0 Å². The summed E-state index contributed by atoms with van der Waals surface area (Å²) in [6.45, 7) is 0. The lowest BCUT2D eigenvalue weighted by atomic mass is 10.0. The van der Waals surface area contributed by atoms with E-state index in [0.717, 1.165) is 88.6 Å². The number of aromatic nitrogens is 6. The Balaban J connectivity index is 1.14. The largest absolute Gasteiger partial charge is 0.308 e. The maximum absolute atomic E-state index is 5.75. The predicted octanol–water partition coefficient (Wildman–Crippen LogP) is 15.8. The molecule has 0 saturated carbocycles. The first-order valence-corrected chi connectivity index (χ1v) is 23.4. The SMILES string of the molecule is c1ccc(-c2ccc3c4ccc(-c5ccccc5)cc4n(-c4nc(-c5ccccc5)nc(-c5c(-n6c7ccccc7c7ccccc76)cccc5-n5c6ccccc6c6ccccc65)n4)c3c2)cc1. The van der Waals surface area contributed by atoms with Crippen molar-refractivity contribution in [1.82, 2.24) is 28.7 Å². The summed E-state index contributed by atoms with van der Waals surface area (Å²) in [7, 11) is 0. The van der Waals surface area contributed by atoms with Gasteiger partial charge in [-0.2, -0.15) is 9.97 Å². The highest BCUT2D eigenvalue weighted by molar-refractivity contribution is 6.13. The van der Waals surface area contributed by atoms with E-state index in [2.05, 4.69) is 238 Å². The van der Waals surface area contributed by atoms with Gasteiger partial charge < -0.3 is 9.13 Å². The van der Waals surface area contributed by atoms with Crippen molar-refractivity contribution >= 4 is 65.4 Å². The summed E-state index contributed by atoms with van der Waals surface area (Å²) in [6, 6.07) is 86.3. The van der Waals surface area contributed by atoms with Gasteiger partial charge in [-0.25, -0.2) is 4.98 Å². The van der Waals surface area contributed by atoms with Crippen molar-refractivity contribution in [3.05, 3.63) is 243 Å². The lowest BCUT2D eigenvalue weighted by molar-refractivity contribution is 0.949. The van der Waals surface area contributed by atoms with Crippen LogP contribution in [0, 0.1) is 0 Å². The Morgan fingerprint density at radius 3 is 1.03 bits per heavy atom. The van der Waals surface area contributed by atoms with Crippen LogP contribution in [0.25, 0.3) is 128 Å². The minimum atomic E-state index is 0.527. The Hall–Kier alpha value is -9.39. The van der Waals surface area contributed by atoms with E-state index >= 15 is 0 Å². The van der Waals surface area contributed by atoms with E-state index in [4.69, 9.17) is 15.0 Å². The van der Waals surface area contributed by atoms with Crippen LogP contribution in [-0.4, -0.2) is 28.7 Å². The van der Waals surface area contributed by atoms with E-state index in [1.54, 1.807) is 0 Å². The summed E-state index contributed by atoms with van der Waals surface area (Å²) in [6.07, 6.45) is 0. The quantitative estimate of drug-likeness (QED) is 0.160. The standard InChI is InChI=1S/C63H40N6/c1-4-19-41(20-5-1)44-35-37-50-51-38-36-45(42-21-6-2-7-22-42)40-59(51)69(58(50)39-44)63-65-61(43-23-8-3-9-24-43)64-62(66-63)60-56(67-52-29-14-10-25-46(52)47-26-11-15-30-53(47)67)33-18-34-57(60)68-54-31-16-12-27-48(54)49-28-13-17-32-55(49)68/h1-40H. The molecular formula is C63H40N6. The summed E-state index contributed by atoms with van der Waals surface area (Å²) in [5, 5.41) is 6.94. The van der Waals surface area contributed by atoms with Crippen LogP contribution in [0.15, 0.2) is 243 Å². The summed E-state index contributed by atoms with van der Waals surface area (Å²) in [4.78, 5) is 16.8. The smallest absolute Gasteiger partial charge is 0.238 e. The first-order chi connectivity index (χ1) is 34.2. The van der Waals surface area contributed by atoms with Gasteiger partial charge in [0.1, 0.15) is 0 Å². The van der Waals surface area contributed by atoms with Crippen molar-refractivity contribution in [1.29, 1.82) is 0 Å². The van der Waals surface area contributed by atoms with Gasteiger partial charge in [-0.05, 0) is 70.8 Å². The molecule has 6 heteroatoms. The van der Waals surface area contributed by atoms with E-state index in [0.29, 0.717) is 17.6 Å². The highest BCUT2D eigenvalue weighted by Crippen LogP contribution is 2.43. The summed E-state index contributed by atoms with van der Waals surface area (Å²) < 4.78 is 7.04. The van der Waals surface area contributed by atoms with Crippen molar-refractivity contribution in [2.75, 3.05) is 0 Å². The fraction of sp³-hybridized carbons (Fsp3) is 0. The average molecular weight is 881 g/mol. The molecule has 0 aliphatic carbocycles. The van der Waals surface area contributed by atoms with Crippen LogP contribution in [0.1, 0.15) is 0 Å². The molecule has 6 nitrogen and oxygen atoms in total. The van der Waals surface area contributed by atoms with E-state index in [1.165, 1.54) is 21.5 Å². The molecular weight excluding hydrogens is 841 g/mol. The normalized spacial score (nSPS) is 11.8. The predicted molar refractivity (Wildman–Crippen MR) is 285 cm³/mol. The molecule has 4 aromatic heterocycles. The zero-order valence-electron chi connectivity index (χ0n) is 37.3. The molecule has 14 aromatic rings. The Morgan fingerprint density at radius 1 is 0.232 bits per heavy atom. The van der Waals surface area contributed by atoms with Crippen molar-refractivity contribution < 1.29 is 0 Å². The maximum Gasteiger partial charge on any atom is 0.238 e. The van der Waals surface area contributed by atoms with E-state index in [1.807, 2.05) is 18.2 Å². The average Bonchev–Trinajstić information content (AvgIpc) is 4.06. The Bertz CT molecular complexity index is 3960. The van der Waals surface area contributed by atoms with E-state index in [9.17, 15) is 0 Å². The number of para-hydroxylation sites is 4. The lowest BCUT2D eigenvalue weighted by Crippen LogP contribution is -2.10. The number of fused-ring (bicyclic) bond motifs is 9. The molecule has 0 spiro atoms. The number of hydrogen-bond acceptors (Lipinski definition) is 3. The molecule has 69 heavy (non-hydrogen) atoms. The minimum absolute atomic E-state index is 0.527. The van der Waals surface area contributed by atoms with Crippen molar-refractivity contribution in [3.63, 3.8) is 0 Å². The second-order valence-corrected chi connectivity index (χ2v) is 17.6. The molecule has 0 fully saturated rings. The van der Waals surface area contributed by atoms with Crippen LogP contribution in [0.5, 0.6) is 0 Å². The fourth-order valence-corrected chi connectivity index (χ4v) is 10.6. The highest BCUT2D eigenvalue weighted by Gasteiger charge is 2.26. The van der Waals surface area contributed by atoms with Gasteiger partial charge in [0.2, 0.25) is 5.95 Å². The van der Waals surface area contributed by atoms with Gasteiger partial charge >= 0.3 is 0 Å². The van der Waals surface area contributed by atoms with Gasteiger partial charge in [0.15, 0.2) is 11.6 Å². The van der Waals surface area contributed by atoms with Crippen LogP contribution in [0.2, 0.25) is 0 Å². The van der Waals surface area contributed by atoms with Gasteiger partial charge in [-0.1, -0.05) is 194 Å². The van der Waals surface area contributed by atoms with Crippen LogP contribution >= 0.6 is 0 Å². The third-order valence-corrected chi connectivity index (χ3v) is 13.7. The molecule has 0 bridgehead atoms. The van der Waals surface area contributed by atoms with Gasteiger partial charge in [-0.15, -0.1) is 0 Å². The summed E-state index contributed by atoms with van der Waals surface area (Å²) >= 11 is 0. The second kappa shape index (κ2) is 15.6. The van der Waals surface area contributed by atoms with Crippen molar-refractivity contribution in [3.8, 4) is 62.4 Å². The molecule has 0 radical (unpaired) electrons. The summed E-state index contributed by atoms with van der Waals surface area (Å²) in [5.41, 5.74) is 14.6. The molecule has 0 aliphatic rings. The Morgan fingerprint density at radius 2 is 0.594 bits per heavy atom. The second-order valence-electron chi connectivity index (χ2n) is 17.6. The fourth-order valence-electron chi connectivity index (χ4n) is 10.6. The van der Waals surface area contributed by atoms with Gasteiger partial charge in [0.05, 0.1) is 50.0 Å². The van der Waals surface area contributed by atoms with Crippen LogP contribution in [0.4, 0.5) is 0 Å². The van der Waals surface area contributed by atoms with Gasteiger partial charge in [0, 0.05) is 37.9 Å².